The summed E-state index contributed by atoms with van der Waals surface area (Å²) in [4.78, 5) is 0. The normalized spacial score (nSPS) is 11.3. The van der Waals surface area contributed by atoms with Crippen molar-refractivity contribution in [1.29, 1.82) is 0 Å². The molecule has 0 aliphatic rings. The third-order valence-electron chi connectivity index (χ3n) is 1.44. The molecule has 0 aromatic carbocycles. The largest absolute Gasteiger partial charge is 0.475 e. The van der Waals surface area contributed by atoms with E-state index in [-0.39, 0.29) is 6.61 Å². The molecule has 16 heavy (non-hydrogen) atoms. The van der Waals surface area contributed by atoms with Gasteiger partial charge in [-0.3, -0.25) is 13.6 Å². The van der Waals surface area contributed by atoms with Crippen LogP contribution in [0.25, 0.3) is 0 Å². The van der Waals surface area contributed by atoms with Crippen LogP contribution in [0.3, 0.4) is 0 Å². The van der Waals surface area contributed by atoms with Crippen LogP contribution in [0, 0.1) is 5.92 Å². The van der Waals surface area contributed by atoms with Crippen LogP contribution in [-0.2, 0) is 18.1 Å². The molecule has 0 aliphatic heterocycles. The molecular weight excluding hydrogens is 227 g/mol. The van der Waals surface area contributed by atoms with E-state index in [4.69, 9.17) is 13.6 Å². The molecule has 0 spiro atoms. The Morgan fingerprint density at radius 1 is 1.19 bits per heavy atom. The lowest BCUT2D eigenvalue weighted by molar-refractivity contribution is 0.131. The average Bonchev–Trinajstić information content (AvgIpc) is 2.17. The summed E-state index contributed by atoms with van der Waals surface area (Å²) in [6, 6.07) is 0. The van der Waals surface area contributed by atoms with Crippen molar-refractivity contribution in [2.45, 2.75) is 27.7 Å². The fourth-order valence-electron chi connectivity index (χ4n) is 0.865. The number of hydrogen-bond donors (Lipinski definition) is 0. The Labute approximate surface area is 97.9 Å². The Balaban J connectivity index is 4.13. The SMILES string of the molecule is CCOP(=O)(OCC)OCC=C=CC(C)C. The number of rotatable bonds is 8. The van der Waals surface area contributed by atoms with Gasteiger partial charge in [0.15, 0.2) is 0 Å². The van der Waals surface area contributed by atoms with Crippen molar-refractivity contribution < 1.29 is 18.1 Å². The molecule has 0 rings (SSSR count). The molecule has 94 valence electrons. The standard InChI is InChI=1S/C11H21O4P/c1-5-13-16(12,14-6-2)15-10-8-7-9-11(3)4/h8-9,11H,5-6,10H2,1-4H3. The molecule has 0 unspecified atom stereocenters. The van der Waals surface area contributed by atoms with Crippen LogP contribution >= 0.6 is 7.82 Å². The maximum absolute atomic E-state index is 11.8. The van der Waals surface area contributed by atoms with Gasteiger partial charge in [0.25, 0.3) is 0 Å². The molecule has 0 bridgehead atoms. The van der Waals surface area contributed by atoms with Crippen LogP contribution < -0.4 is 0 Å². The molecule has 0 aromatic rings. The van der Waals surface area contributed by atoms with Crippen LogP contribution in [0.4, 0.5) is 0 Å². The van der Waals surface area contributed by atoms with Crippen LogP contribution in [0.15, 0.2) is 17.9 Å². The van der Waals surface area contributed by atoms with Gasteiger partial charge in [0.2, 0.25) is 0 Å². The Morgan fingerprint density at radius 3 is 2.19 bits per heavy atom. The van der Waals surface area contributed by atoms with Crippen LogP contribution in [0.5, 0.6) is 0 Å². The molecule has 0 heterocycles. The second-order valence-electron chi connectivity index (χ2n) is 3.36. The molecule has 0 atom stereocenters. The van der Waals surface area contributed by atoms with Gasteiger partial charge < -0.3 is 0 Å². The minimum atomic E-state index is -3.37. The van der Waals surface area contributed by atoms with Gasteiger partial charge in [0, 0.05) is 0 Å². The Hall–Kier alpha value is -0.370. The molecular formula is C11H21O4P. The quantitative estimate of drug-likeness (QED) is 0.486. The summed E-state index contributed by atoms with van der Waals surface area (Å²) in [6.07, 6.45) is 3.56. The Morgan fingerprint density at radius 2 is 1.75 bits per heavy atom. The molecule has 4 nitrogen and oxygen atoms in total. The van der Waals surface area contributed by atoms with Gasteiger partial charge in [-0.1, -0.05) is 13.8 Å². The monoisotopic (exact) mass is 248 g/mol. The highest BCUT2D eigenvalue weighted by Crippen LogP contribution is 2.48. The molecule has 0 saturated carbocycles. The lowest BCUT2D eigenvalue weighted by Gasteiger charge is -2.14. The van der Waals surface area contributed by atoms with Crippen molar-refractivity contribution in [1.82, 2.24) is 0 Å². The number of phosphoric ester groups is 1. The smallest absolute Gasteiger partial charge is 0.287 e. The van der Waals surface area contributed by atoms with E-state index in [1.807, 2.05) is 19.9 Å². The second-order valence-corrected chi connectivity index (χ2v) is 5.03. The Kier molecular flexibility index (Phi) is 8.54. The minimum Gasteiger partial charge on any atom is -0.287 e. The molecule has 0 aliphatic carbocycles. The summed E-state index contributed by atoms with van der Waals surface area (Å²) in [5.41, 5.74) is 2.93. The summed E-state index contributed by atoms with van der Waals surface area (Å²) in [7, 11) is -3.37. The molecule has 0 radical (unpaired) electrons. The summed E-state index contributed by atoms with van der Waals surface area (Å²) < 4.78 is 26.8. The topological polar surface area (TPSA) is 44.8 Å². The van der Waals surface area contributed by atoms with E-state index >= 15 is 0 Å². The van der Waals surface area contributed by atoms with Crippen molar-refractivity contribution in [3.63, 3.8) is 0 Å². The average molecular weight is 248 g/mol. The van der Waals surface area contributed by atoms with E-state index in [0.29, 0.717) is 19.1 Å². The van der Waals surface area contributed by atoms with Crippen LogP contribution in [-0.4, -0.2) is 19.8 Å². The highest BCUT2D eigenvalue weighted by atomic mass is 31.2. The lowest BCUT2D eigenvalue weighted by atomic mass is 10.2. The summed E-state index contributed by atoms with van der Waals surface area (Å²) in [6.45, 7) is 8.33. The zero-order chi connectivity index (χ0) is 12.4. The van der Waals surface area contributed by atoms with E-state index in [1.54, 1.807) is 19.9 Å². The van der Waals surface area contributed by atoms with Gasteiger partial charge >= 0.3 is 7.82 Å². The zero-order valence-electron chi connectivity index (χ0n) is 10.4. The molecule has 0 fully saturated rings. The van der Waals surface area contributed by atoms with E-state index in [0.717, 1.165) is 0 Å². The lowest BCUT2D eigenvalue weighted by Crippen LogP contribution is -1.99. The third-order valence-corrected chi connectivity index (χ3v) is 3.05. The van der Waals surface area contributed by atoms with Crippen molar-refractivity contribution >= 4 is 7.82 Å². The highest BCUT2D eigenvalue weighted by Gasteiger charge is 2.24. The summed E-state index contributed by atoms with van der Waals surface area (Å²) >= 11 is 0. The van der Waals surface area contributed by atoms with E-state index < -0.39 is 7.82 Å². The Bertz CT molecular complexity index is 270. The van der Waals surface area contributed by atoms with E-state index in [2.05, 4.69) is 5.73 Å². The highest BCUT2D eigenvalue weighted by molar-refractivity contribution is 7.48. The van der Waals surface area contributed by atoms with Gasteiger partial charge in [0.1, 0.15) is 0 Å². The van der Waals surface area contributed by atoms with Gasteiger partial charge in [-0.05, 0) is 31.9 Å². The second kappa shape index (κ2) is 8.74. The first-order valence-electron chi connectivity index (χ1n) is 5.48. The van der Waals surface area contributed by atoms with E-state index in [9.17, 15) is 4.57 Å². The summed E-state index contributed by atoms with van der Waals surface area (Å²) in [5.74, 6) is 0.432. The predicted octanol–water partition coefficient (Wildman–Crippen LogP) is 3.55. The van der Waals surface area contributed by atoms with Crippen molar-refractivity contribution in [2.24, 2.45) is 5.92 Å². The summed E-state index contributed by atoms with van der Waals surface area (Å²) in [5, 5.41) is 0. The first-order valence-corrected chi connectivity index (χ1v) is 6.94. The van der Waals surface area contributed by atoms with Crippen molar-refractivity contribution in [3.8, 4) is 0 Å². The number of hydrogen-bond acceptors (Lipinski definition) is 4. The predicted molar refractivity (Wildman–Crippen MR) is 64.3 cm³/mol. The van der Waals surface area contributed by atoms with Crippen molar-refractivity contribution in [3.05, 3.63) is 17.9 Å². The first-order chi connectivity index (χ1) is 7.54. The first kappa shape index (κ1) is 15.6. The van der Waals surface area contributed by atoms with Gasteiger partial charge in [0.05, 0.1) is 19.8 Å². The maximum Gasteiger partial charge on any atom is 0.475 e. The molecule has 0 amide bonds. The number of phosphoric acid groups is 1. The minimum absolute atomic E-state index is 0.167. The van der Waals surface area contributed by atoms with Crippen molar-refractivity contribution in [2.75, 3.05) is 19.8 Å². The third kappa shape index (κ3) is 7.86. The van der Waals surface area contributed by atoms with Gasteiger partial charge in [-0.25, -0.2) is 4.57 Å². The van der Waals surface area contributed by atoms with Crippen LogP contribution in [0.2, 0.25) is 0 Å². The fraction of sp³-hybridized carbons (Fsp3) is 0.727. The maximum atomic E-state index is 11.8. The molecule has 5 heteroatoms. The molecule has 0 N–H and O–H groups in total. The fourth-order valence-corrected chi connectivity index (χ4v) is 1.98. The van der Waals surface area contributed by atoms with E-state index in [1.165, 1.54) is 0 Å². The molecule has 0 aromatic heterocycles. The van der Waals surface area contributed by atoms with Gasteiger partial charge in [-0.2, -0.15) is 0 Å². The zero-order valence-corrected chi connectivity index (χ0v) is 11.3. The van der Waals surface area contributed by atoms with Gasteiger partial charge in [-0.15, -0.1) is 5.73 Å². The van der Waals surface area contributed by atoms with Crippen LogP contribution in [0.1, 0.15) is 27.7 Å². The molecule has 0 saturated heterocycles.